The normalized spacial score (nSPS) is 25.3. The van der Waals surface area contributed by atoms with Gasteiger partial charge in [0.05, 0.1) is 5.54 Å². The molecule has 0 aromatic carbocycles. The maximum absolute atomic E-state index is 12.0. The average Bonchev–Trinajstić information content (AvgIpc) is 2.80. The molecule has 0 aliphatic carbocycles. The highest BCUT2D eigenvalue weighted by molar-refractivity contribution is 8.14. The van der Waals surface area contributed by atoms with E-state index in [4.69, 9.17) is 4.74 Å². The highest BCUT2D eigenvalue weighted by Crippen LogP contribution is 2.31. The molecule has 1 atom stereocenters. The van der Waals surface area contributed by atoms with E-state index in [1.165, 1.54) is 0 Å². The minimum atomic E-state index is -0.310. The van der Waals surface area contributed by atoms with Gasteiger partial charge in [0.2, 0.25) is 5.91 Å². The molecule has 0 radical (unpaired) electrons. The molecular weight excluding hydrogens is 262 g/mol. The molecule has 1 unspecified atom stereocenters. The van der Waals surface area contributed by atoms with Crippen molar-refractivity contribution in [3.05, 3.63) is 0 Å². The van der Waals surface area contributed by atoms with Crippen molar-refractivity contribution in [3.8, 4) is 0 Å². The minimum absolute atomic E-state index is 0.0744. The van der Waals surface area contributed by atoms with Crippen LogP contribution in [0.5, 0.6) is 0 Å². The minimum Gasteiger partial charge on any atom is -0.381 e. The topological polar surface area (TPSA) is 53.9 Å². The maximum atomic E-state index is 12.0. The Morgan fingerprint density at radius 2 is 2.26 bits per heavy atom. The summed E-state index contributed by atoms with van der Waals surface area (Å²) >= 11 is 1.73. The Labute approximate surface area is 119 Å². The molecule has 2 rings (SSSR count). The molecule has 0 aromatic heterocycles. The first-order valence-electron chi connectivity index (χ1n) is 6.88. The predicted octanol–water partition coefficient (Wildman–Crippen LogP) is 1.09. The van der Waals surface area contributed by atoms with Crippen LogP contribution in [0.2, 0.25) is 0 Å². The van der Waals surface area contributed by atoms with Crippen LogP contribution in [0, 0.1) is 0 Å². The number of aliphatic imine (C=N–C) groups is 1. The Hall–Kier alpha value is -0.750. The third kappa shape index (κ3) is 3.42. The second kappa shape index (κ2) is 6.13. The van der Waals surface area contributed by atoms with Crippen molar-refractivity contribution in [2.45, 2.75) is 38.3 Å². The van der Waals surface area contributed by atoms with Crippen LogP contribution in [-0.2, 0) is 9.53 Å². The molecule has 2 aliphatic rings. The number of carbonyl (C=O) groups excluding carboxylic acids is 1. The van der Waals surface area contributed by atoms with Crippen molar-refractivity contribution in [1.29, 1.82) is 0 Å². The third-order valence-corrected chi connectivity index (χ3v) is 5.00. The van der Waals surface area contributed by atoms with Crippen molar-refractivity contribution < 1.29 is 9.53 Å². The molecule has 1 N–H and O–H groups in total. The van der Waals surface area contributed by atoms with Gasteiger partial charge in [-0.1, -0.05) is 11.8 Å². The standard InChI is InChI=1S/C13H23N3O2S/c1-4-16(3)11(17)10(2)14-12-15-13(9-19-12)5-7-18-8-6-13/h10H,4-9H2,1-3H3,(H,14,15). The zero-order valence-electron chi connectivity index (χ0n) is 11.9. The van der Waals surface area contributed by atoms with Gasteiger partial charge >= 0.3 is 0 Å². The molecule has 2 saturated heterocycles. The van der Waals surface area contributed by atoms with Crippen LogP contribution < -0.4 is 5.32 Å². The summed E-state index contributed by atoms with van der Waals surface area (Å²) in [7, 11) is 1.81. The first-order chi connectivity index (χ1) is 9.06. The number of hydrogen-bond acceptors (Lipinski definition) is 4. The van der Waals surface area contributed by atoms with Crippen molar-refractivity contribution in [1.82, 2.24) is 10.2 Å². The fourth-order valence-electron chi connectivity index (χ4n) is 2.31. The first-order valence-corrected chi connectivity index (χ1v) is 7.86. The molecule has 1 amide bonds. The number of nitrogens with zero attached hydrogens (tertiary/aromatic N) is 2. The molecule has 6 heteroatoms. The molecule has 0 aromatic rings. The van der Waals surface area contributed by atoms with E-state index in [1.807, 2.05) is 20.9 Å². The van der Waals surface area contributed by atoms with Gasteiger partial charge in [0.15, 0.2) is 5.17 Å². The van der Waals surface area contributed by atoms with E-state index in [-0.39, 0.29) is 17.5 Å². The van der Waals surface area contributed by atoms with Crippen molar-refractivity contribution in [3.63, 3.8) is 0 Å². The van der Waals surface area contributed by atoms with Crippen LogP contribution in [0.3, 0.4) is 0 Å². The van der Waals surface area contributed by atoms with Gasteiger partial charge in [0.25, 0.3) is 0 Å². The number of ether oxygens (including phenoxy) is 1. The zero-order valence-corrected chi connectivity index (χ0v) is 12.8. The number of amidine groups is 1. The van der Waals surface area contributed by atoms with Gasteiger partial charge in [0, 0.05) is 32.6 Å². The molecule has 5 nitrogen and oxygen atoms in total. The van der Waals surface area contributed by atoms with Gasteiger partial charge in [0.1, 0.15) is 6.04 Å². The lowest BCUT2D eigenvalue weighted by molar-refractivity contribution is -0.130. The van der Waals surface area contributed by atoms with E-state index in [9.17, 15) is 4.79 Å². The summed E-state index contributed by atoms with van der Waals surface area (Å²) in [4.78, 5) is 18.2. The smallest absolute Gasteiger partial charge is 0.246 e. The van der Waals surface area contributed by atoms with Crippen LogP contribution in [0.25, 0.3) is 0 Å². The number of hydrogen-bond donors (Lipinski definition) is 1. The average molecular weight is 285 g/mol. The van der Waals surface area contributed by atoms with E-state index < -0.39 is 0 Å². The zero-order chi connectivity index (χ0) is 13.9. The molecule has 19 heavy (non-hydrogen) atoms. The first kappa shape index (κ1) is 14.7. The molecule has 0 bridgehead atoms. The summed E-state index contributed by atoms with van der Waals surface area (Å²) in [5.41, 5.74) is 0.140. The van der Waals surface area contributed by atoms with Crippen molar-refractivity contribution in [2.75, 3.05) is 32.6 Å². The number of carbonyl (C=O) groups is 1. The van der Waals surface area contributed by atoms with Crippen LogP contribution in [0.1, 0.15) is 26.7 Å². The van der Waals surface area contributed by atoms with Gasteiger partial charge in [-0.3, -0.25) is 4.79 Å². The molecule has 2 aliphatic heterocycles. The summed E-state index contributed by atoms with van der Waals surface area (Å²) in [5.74, 6) is 1.10. The van der Waals surface area contributed by atoms with Gasteiger partial charge in [-0.05, 0) is 26.7 Å². The Morgan fingerprint density at radius 1 is 1.58 bits per heavy atom. The van der Waals surface area contributed by atoms with E-state index >= 15 is 0 Å². The summed E-state index contributed by atoms with van der Waals surface area (Å²) < 4.78 is 5.41. The Bertz CT molecular complexity index is 367. The molecule has 1 spiro atoms. The monoisotopic (exact) mass is 285 g/mol. The van der Waals surface area contributed by atoms with Crippen molar-refractivity contribution >= 4 is 22.8 Å². The highest BCUT2D eigenvalue weighted by atomic mass is 32.2. The molecule has 2 fully saturated rings. The van der Waals surface area contributed by atoms with Crippen LogP contribution in [0.15, 0.2) is 4.99 Å². The van der Waals surface area contributed by atoms with Gasteiger partial charge in [-0.2, -0.15) is 0 Å². The fourth-order valence-corrected chi connectivity index (χ4v) is 3.61. The van der Waals surface area contributed by atoms with Crippen LogP contribution in [0.4, 0.5) is 0 Å². The van der Waals surface area contributed by atoms with E-state index in [1.54, 1.807) is 16.7 Å². The van der Waals surface area contributed by atoms with Crippen LogP contribution >= 0.6 is 11.8 Å². The SMILES string of the molecule is CCN(C)C(=O)C(C)N=C1NC2(CCOCC2)CS1. The number of nitrogens with one attached hydrogen (secondary N) is 1. The van der Waals surface area contributed by atoms with E-state index in [2.05, 4.69) is 10.3 Å². The summed E-state index contributed by atoms with van der Waals surface area (Å²) in [6.45, 7) is 6.17. The predicted molar refractivity (Wildman–Crippen MR) is 78.6 cm³/mol. The summed E-state index contributed by atoms with van der Waals surface area (Å²) in [5, 5.41) is 4.42. The molecule has 0 saturated carbocycles. The Morgan fingerprint density at radius 3 is 2.89 bits per heavy atom. The van der Waals surface area contributed by atoms with Crippen LogP contribution in [-0.4, -0.2) is 60.1 Å². The second-order valence-electron chi connectivity index (χ2n) is 5.27. The maximum Gasteiger partial charge on any atom is 0.246 e. The third-order valence-electron chi connectivity index (χ3n) is 3.83. The second-order valence-corrected chi connectivity index (χ2v) is 6.23. The quantitative estimate of drug-likeness (QED) is 0.843. The molecular formula is C13H23N3O2S. The van der Waals surface area contributed by atoms with Gasteiger partial charge in [-0.15, -0.1) is 0 Å². The van der Waals surface area contributed by atoms with Gasteiger partial charge < -0.3 is 15.0 Å². The molecule has 2 heterocycles. The van der Waals surface area contributed by atoms with E-state index in [0.29, 0.717) is 0 Å². The number of amides is 1. The number of likely N-dealkylation sites (N-methyl/N-ethyl adjacent to an activating group) is 1. The van der Waals surface area contributed by atoms with E-state index in [0.717, 1.165) is 43.5 Å². The summed E-state index contributed by atoms with van der Waals surface area (Å²) in [6.07, 6.45) is 2.05. The van der Waals surface area contributed by atoms with Gasteiger partial charge in [-0.25, -0.2) is 4.99 Å². The van der Waals surface area contributed by atoms with Crippen molar-refractivity contribution in [2.24, 2.45) is 4.99 Å². The lowest BCUT2D eigenvalue weighted by Crippen LogP contribution is -2.48. The Kier molecular flexibility index (Phi) is 4.73. The lowest BCUT2D eigenvalue weighted by atomic mass is 9.93. The largest absolute Gasteiger partial charge is 0.381 e. The Balaban J connectivity index is 1.95. The number of rotatable bonds is 3. The lowest BCUT2D eigenvalue weighted by Gasteiger charge is -2.32. The fraction of sp³-hybridized carbons (Fsp3) is 0.846. The molecule has 108 valence electrons. The number of thioether (sulfide) groups is 1. The summed E-state index contributed by atoms with van der Waals surface area (Å²) in [6, 6.07) is -0.310. The highest BCUT2D eigenvalue weighted by Gasteiger charge is 2.39.